The predicted octanol–water partition coefficient (Wildman–Crippen LogP) is 0.827. The van der Waals surface area contributed by atoms with Gasteiger partial charge in [0.05, 0.1) is 0 Å². The monoisotopic (exact) mass is 184 g/mol. The van der Waals surface area contributed by atoms with Gasteiger partial charge in [0.2, 0.25) is 0 Å². The Morgan fingerprint density at radius 3 is 2.00 bits per heavy atom. The second-order valence-electron chi connectivity index (χ2n) is 0.154. The van der Waals surface area contributed by atoms with Crippen LogP contribution in [0.3, 0.4) is 0 Å². The van der Waals surface area contributed by atoms with Gasteiger partial charge in [0.25, 0.3) is 0 Å². The van der Waals surface area contributed by atoms with Crippen molar-refractivity contribution in [2.75, 3.05) is 7.11 Å². The molecule has 1 nitrogen and oxygen atoms in total. The molecule has 0 radical (unpaired) electrons. The maximum absolute atomic E-state index is 4.22. The van der Waals surface area contributed by atoms with Crippen molar-refractivity contribution in [3.05, 3.63) is 0 Å². The van der Waals surface area contributed by atoms with Crippen LogP contribution in [0.25, 0.3) is 0 Å². The molecule has 0 amide bonds. The van der Waals surface area contributed by atoms with Crippen LogP contribution in [0.5, 0.6) is 0 Å². The molecule has 0 aromatic heterocycles. The first-order valence-corrected chi connectivity index (χ1v) is 1.44. The Morgan fingerprint density at radius 1 is 2.00 bits per heavy atom. The van der Waals surface area contributed by atoms with E-state index in [1.54, 1.807) is 30.1 Å². The minimum atomic E-state index is 0. The summed E-state index contributed by atoms with van der Waals surface area (Å²) < 4.78 is 4.22. The van der Waals surface area contributed by atoms with Gasteiger partial charge in [0, 0.05) is 7.11 Å². The second-order valence-corrected chi connectivity index (χ2v) is 1.04. The third-order valence-corrected chi connectivity index (χ3v) is 0. The van der Waals surface area contributed by atoms with E-state index in [1.807, 2.05) is 0 Å². The Balaban J connectivity index is -0.00000000667. The molecule has 0 fully saturated rings. The second kappa shape index (κ2) is 8.82. The summed E-state index contributed by atoms with van der Waals surface area (Å²) >= 11 is 1.79. The van der Waals surface area contributed by atoms with Crippen molar-refractivity contribution in [3.8, 4) is 0 Å². The SMILES string of the molecule is COI.[H-].[H-].[Mg+2]. The molecule has 0 N–H and O–H groups in total. The molecule has 4 heavy (non-hydrogen) atoms. The van der Waals surface area contributed by atoms with Crippen molar-refractivity contribution in [2.45, 2.75) is 0 Å². The molecule has 0 unspecified atom stereocenters. The van der Waals surface area contributed by atoms with E-state index in [0.717, 1.165) is 0 Å². The van der Waals surface area contributed by atoms with Crippen LogP contribution in [0.15, 0.2) is 0 Å². The molecule has 0 aromatic rings. The van der Waals surface area contributed by atoms with Crippen molar-refractivity contribution < 1.29 is 5.92 Å². The molecule has 0 atom stereocenters. The van der Waals surface area contributed by atoms with Crippen LogP contribution in [-0.2, 0) is 3.07 Å². The summed E-state index contributed by atoms with van der Waals surface area (Å²) in [6.07, 6.45) is 0. The third-order valence-electron chi connectivity index (χ3n) is 0. The van der Waals surface area contributed by atoms with E-state index in [4.69, 9.17) is 0 Å². The molecule has 0 spiro atoms. The molecule has 0 bridgehead atoms. The van der Waals surface area contributed by atoms with Gasteiger partial charge in [0.15, 0.2) is 0 Å². The normalized spacial score (nSPS) is 4.50. The van der Waals surface area contributed by atoms with E-state index >= 15 is 0 Å². The average molecular weight is 184 g/mol. The molecule has 24 valence electrons. The fourth-order valence-electron chi connectivity index (χ4n) is 0. The molecule has 3 heteroatoms. The fourth-order valence-corrected chi connectivity index (χ4v) is 0. The fraction of sp³-hybridized carbons (Fsp3) is 1.00. The van der Waals surface area contributed by atoms with Gasteiger partial charge in [-0.25, -0.2) is 0 Å². The van der Waals surface area contributed by atoms with E-state index in [1.165, 1.54) is 0 Å². The molecule has 0 rings (SSSR count). The Bertz CT molecular complexity index is 13.5. The van der Waals surface area contributed by atoms with Crippen molar-refractivity contribution in [1.29, 1.82) is 0 Å². The summed E-state index contributed by atoms with van der Waals surface area (Å²) in [5, 5.41) is 0. The Hall–Kier alpha value is 1.46. The van der Waals surface area contributed by atoms with Gasteiger partial charge in [0.1, 0.15) is 23.0 Å². The van der Waals surface area contributed by atoms with Crippen molar-refractivity contribution in [1.82, 2.24) is 0 Å². The zero-order valence-electron chi connectivity index (χ0n) is 4.49. The standard InChI is InChI=1S/CH3IO.Mg.2H/c1-3-2;;;/h1H3;;;/q;+2;2*-1. The quantitative estimate of drug-likeness (QED) is 0.400. The van der Waals surface area contributed by atoms with Crippen LogP contribution in [-0.4, -0.2) is 30.2 Å². The van der Waals surface area contributed by atoms with Gasteiger partial charge < -0.3 is 5.92 Å². The molecule has 0 saturated carbocycles. The third kappa shape index (κ3) is 9.83. The zero-order valence-corrected chi connectivity index (χ0v) is 6.07. The van der Waals surface area contributed by atoms with E-state index in [9.17, 15) is 0 Å². The Labute approximate surface area is 58.9 Å². The number of rotatable bonds is 0. The maximum Gasteiger partial charge on any atom is 2.00 e. The van der Waals surface area contributed by atoms with Gasteiger partial charge in [-0.2, -0.15) is 0 Å². The molecule has 0 heterocycles. The van der Waals surface area contributed by atoms with Crippen LogP contribution in [0, 0.1) is 0 Å². The molecule has 0 aliphatic carbocycles. The molecule has 0 saturated heterocycles. The molecule has 0 aromatic carbocycles. The summed E-state index contributed by atoms with van der Waals surface area (Å²) in [5.74, 6) is 0. The van der Waals surface area contributed by atoms with Crippen LogP contribution in [0.2, 0.25) is 0 Å². The van der Waals surface area contributed by atoms with Gasteiger partial charge in [-0.05, 0) is 0 Å². The van der Waals surface area contributed by atoms with Crippen molar-refractivity contribution in [2.24, 2.45) is 0 Å². The van der Waals surface area contributed by atoms with Crippen molar-refractivity contribution >= 4 is 46.1 Å². The topological polar surface area (TPSA) is 9.23 Å². The van der Waals surface area contributed by atoms with Crippen LogP contribution in [0.4, 0.5) is 0 Å². The van der Waals surface area contributed by atoms with Gasteiger partial charge in [-0.3, -0.25) is 0 Å². The smallest absolute Gasteiger partial charge is 1.00 e. The first kappa shape index (κ1) is 9.07. The first-order chi connectivity index (χ1) is 1.41. The van der Waals surface area contributed by atoms with E-state index < -0.39 is 0 Å². The minimum absolute atomic E-state index is 0. The molecular weight excluding hydrogens is 179 g/mol. The van der Waals surface area contributed by atoms with Crippen molar-refractivity contribution in [3.63, 3.8) is 0 Å². The summed E-state index contributed by atoms with van der Waals surface area (Å²) in [6.45, 7) is 0. The number of hydrogen-bond acceptors (Lipinski definition) is 1. The summed E-state index contributed by atoms with van der Waals surface area (Å²) in [4.78, 5) is 0. The van der Waals surface area contributed by atoms with Crippen LogP contribution < -0.4 is 0 Å². The minimum Gasteiger partial charge on any atom is -1.00 e. The average Bonchev–Trinajstić information content (AvgIpc) is 0.918. The molecule has 0 aliphatic rings. The largest absolute Gasteiger partial charge is 2.00 e. The molecule has 0 aliphatic heterocycles. The van der Waals surface area contributed by atoms with Gasteiger partial charge >= 0.3 is 23.1 Å². The van der Waals surface area contributed by atoms with E-state index in [2.05, 4.69) is 3.07 Å². The van der Waals surface area contributed by atoms with Crippen LogP contribution >= 0.6 is 23.0 Å². The molecular formula is CH5IMgO. The van der Waals surface area contributed by atoms with Gasteiger partial charge in [-0.1, -0.05) is 0 Å². The summed E-state index contributed by atoms with van der Waals surface area (Å²) in [7, 11) is 1.61. The summed E-state index contributed by atoms with van der Waals surface area (Å²) in [6, 6.07) is 0. The zero-order chi connectivity index (χ0) is 2.71. The maximum atomic E-state index is 4.22. The number of halogens is 1. The van der Waals surface area contributed by atoms with E-state index in [0.29, 0.717) is 0 Å². The van der Waals surface area contributed by atoms with E-state index in [-0.39, 0.29) is 25.9 Å². The predicted molar refractivity (Wildman–Crippen MR) is 29.0 cm³/mol. The van der Waals surface area contributed by atoms with Crippen LogP contribution in [0.1, 0.15) is 2.85 Å². The first-order valence-electron chi connectivity index (χ1n) is 0.563. The Morgan fingerprint density at radius 2 is 2.00 bits per heavy atom. The number of hydrogen-bond donors (Lipinski definition) is 0. The summed E-state index contributed by atoms with van der Waals surface area (Å²) in [5.41, 5.74) is 0. The van der Waals surface area contributed by atoms with Gasteiger partial charge in [-0.15, -0.1) is 0 Å². The Kier molecular flexibility index (Phi) is 20.0.